The van der Waals surface area contributed by atoms with E-state index in [1.807, 2.05) is 0 Å². The molecule has 30 heavy (non-hydrogen) atoms. The summed E-state index contributed by atoms with van der Waals surface area (Å²) in [6.07, 6.45) is 3.73. The van der Waals surface area contributed by atoms with Crippen molar-refractivity contribution >= 4 is 5.90 Å². The van der Waals surface area contributed by atoms with Crippen LogP contribution in [0, 0.1) is 56.2 Å². The molecular formula is C23H24N4O3. The smallest absolute Gasteiger partial charge is 0.218 e. The number of ether oxygens (including phenoxy) is 3. The SMILES string of the molecule is CCCCOc1ccc([C@H]2O[C@]34CCCC[C@@H]3C(C#N)(C#N)[C@@]2(C#N)C(=N)O4)cc1. The summed E-state index contributed by atoms with van der Waals surface area (Å²) in [5, 5.41) is 39.2. The Kier molecular flexibility index (Phi) is 4.92. The normalized spacial score (nSPS) is 33.3. The van der Waals surface area contributed by atoms with Gasteiger partial charge < -0.3 is 14.2 Å². The number of unbranched alkanes of at least 4 members (excludes halogenated alkanes) is 1. The van der Waals surface area contributed by atoms with Gasteiger partial charge in [-0.05, 0) is 37.0 Å². The van der Waals surface area contributed by atoms with Gasteiger partial charge in [-0.25, -0.2) is 0 Å². The summed E-state index contributed by atoms with van der Waals surface area (Å²) in [5.74, 6) is -1.44. The number of hydrogen-bond donors (Lipinski definition) is 1. The molecule has 0 unspecified atom stereocenters. The number of nitrogens with one attached hydrogen (secondary N) is 1. The van der Waals surface area contributed by atoms with Gasteiger partial charge in [-0.2, -0.15) is 15.8 Å². The number of nitriles is 3. The minimum atomic E-state index is -1.83. The molecule has 3 heterocycles. The van der Waals surface area contributed by atoms with E-state index in [0.29, 0.717) is 30.8 Å². The first-order chi connectivity index (χ1) is 14.5. The third-order valence-electron chi connectivity index (χ3n) is 6.77. The average molecular weight is 404 g/mol. The molecule has 1 aliphatic carbocycles. The highest BCUT2D eigenvalue weighted by atomic mass is 16.7. The van der Waals surface area contributed by atoms with Crippen LogP contribution in [-0.2, 0) is 9.47 Å². The first-order valence-electron chi connectivity index (χ1n) is 10.5. The van der Waals surface area contributed by atoms with E-state index < -0.39 is 28.6 Å². The number of hydrogen-bond acceptors (Lipinski definition) is 7. The van der Waals surface area contributed by atoms with Crippen LogP contribution in [0.3, 0.4) is 0 Å². The molecule has 0 aromatic heterocycles. The first-order valence-corrected chi connectivity index (χ1v) is 10.5. The zero-order valence-corrected chi connectivity index (χ0v) is 17.0. The van der Waals surface area contributed by atoms with E-state index >= 15 is 0 Å². The van der Waals surface area contributed by atoms with Crippen LogP contribution in [0.4, 0.5) is 0 Å². The molecule has 154 valence electrons. The van der Waals surface area contributed by atoms with Crippen molar-refractivity contribution in [3.8, 4) is 24.0 Å². The van der Waals surface area contributed by atoms with E-state index in [-0.39, 0.29) is 5.90 Å². The molecule has 7 heteroatoms. The molecule has 2 bridgehead atoms. The Morgan fingerprint density at radius 2 is 1.87 bits per heavy atom. The topological polar surface area (TPSA) is 123 Å². The fourth-order valence-corrected chi connectivity index (χ4v) is 5.21. The van der Waals surface area contributed by atoms with E-state index in [0.717, 1.165) is 25.7 Å². The Morgan fingerprint density at radius 1 is 1.13 bits per heavy atom. The fraction of sp³-hybridized carbons (Fsp3) is 0.565. The van der Waals surface area contributed by atoms with E-state index in [4.69, 9.17) is 19.6 Å². The minimum absolute atomic E-state index is 0.342. The molecule has 0 radical (unpaired) electrons. The summed E-state index contributed by atoms with van der Waals surface area (Å²) < 4.78 is 18.0. The van der Waals surface area contributed by atoms with Crippen LogP contribution >= 0.6 is 0 Å². The standard InChI is InChI=1S/C23H24N4O3/c1-2-3-12-28-17-9-7-16(8-10-17)19-22(15-26)20(27)30-23(29-19)11-5-4-6-18(23)21(22,13-24)14-25/h7-10,18-19,27H,2-6,11-12H2,1H3/t18-,19-,22-,23+/m1/s1. The number of rotatable bonds is 5. The van der Waals surface area contributed by atoms with Crippen molar-refractivity contribution in [2.45, 2.75) is 57.3 Å². The zero-order chi connectivity index (χ0) is 21.4. The van der Waals surface area contributed by atoms with E-state index in [2.05, 4.69) is 25.1 Å². The maximum absolute atomic E-state index is 10.3. The summed E-state index contributed by atoms with van der Waals surface area (Å²) in [6, 6.07) is 13.6. The van der Waals surface area contributed by atoms with Gasteiger partial charge in [-0.15, -0.1) is 0 Å². The highest BCUT2D eigenvalue weighted by Crippen LogP contribution is 2.69. The van der Waals surface area contributed by atoms with Crippen LogP contribution in [0.5, 0.6) is 5.75 Å². The van der Waals surface area contributed by atoms with Gasteiger partial charge in [0.25, 0.3) is 0 Å². The Hall–Kier alpha value is -3.08. The van der Waals surface area contributed by atoms with E-state index in [1.54, 1.807) is 24.3 Å². The van der Waals surface area contributed by atoms with Crippen LogP contribution < -0.4 is 4.74 Å². The summed E-state index contributed by atoms with van der Waals surface area (Å²) in [4.78, 5) is 0. The van der Waals surface area contributed by atoms with Crippen molar-refractivity contribution in [3.05, 3.63) is 29.8 Å². The van der Waals surface area contributed by atoms with Gasteiger partial charge >= 0.3 is 0 Å². The molecule has 3 aliphatic heterocycles. The van der Waals surface area contributed by atoms with Crippen LogP contribution in [-0.4, -0.2) is 18.3 Å². The Morgan fingerprint density at radius 3 is 2.50 bits per heavy atom. The average Bonchev–Trinajstić information content (AvgIpc) is 2.78. The highest BCUT2D eigenvalue weighted by Gasteiger charge is 2.80. The van der Waals surface area contributed by atoms with Crippen LogP contribution in [0.25, 0.3) is 0 Å². The molecule has 1 aromatic carbocycles. The number of fused-ring (bicyclic) bond motifs is 2. The Labute approximate surface area is 176 Å². The molecular weight excluding hydrogens is 380 g/mol. The van der Waals surface area contributed by atoms with Crippen molar-refractivity contribution in [2.75, 3.05) is 6.61 Å². The van der Waals surface area contributed by atoms with E-state index in [9.17, 15) is 15.8 Å². The second kappa shape index (κ2) is 7.31. The lowest BCUT2D eigenvalue weighted by Gasteiger charge is -2.63. The molecule has 4 aliphatic rings. The predicted octanol–water partition coefficient (Wildman–Crippen LogP) is 4.37. The molecule has 4 atom stereocenters. The van der Waals surface area contributed by atoms with Crippen molar-refractivity contribution < 1.29 is 14.2 Å². The molecule has 3 saturated heterocycles. The third-order valence-corrected chi connectivity index (χ3v) is 6.77. The third kappa shape index (κ3) is 2.47. The predicted molar refractivity (Wildman–Crippen MR) is 106 cm³/mol. The molecule has 1 aromatic rings. The van der Waals surface area contributed by atoms with Crippen LogP contribution in [0.1, 0.15) is 57.1 Å². The number of benzene rings is 1. The molecule has 5 rings (SSSR count). The summed E-state index contributed by atoms with van der Waals surface area (Å²) in [6.45, 7) is 2.71. The molecule has 1 spiro atoms. The molecule has 1 saturated carbocycles. The quantitative estimate of drug-likeness (QED) is 0.727. The molecule has 1 N–H and O–H groups in total. The molecule has 7 nitrogen and oxygen atoms in total. The highest BCUT2D eigenvalue weighted by molar-refractivity contribution is 5.89. The van der Waals surface area contributed by atoms with Crippen molar-refractivity contribution in [1.82, 2.24) is 0 Å². The zero-order valence-electron chi connectivity index (χ0n) is 17.0. The lowest BCUT2D eigenvalue weighted by molar-refractivity contribution is -0.360. The van der Waals surface area contributed by atoms with Crippen molar-refractivity contribution in [1.29, 1.82) is 21.2 Å². The first kappa shape index (κ1) is 20.2. The number of nitrogens with zero attached hydrogens (tertiary/aromatic N) is 3. The molecule has 0 amide bonds. The summed E-state index contributed by atoms with van der Waals surface area (Å²) in [7, 11) is 0. The van der Waals surface area contributed by atoms with Gasteiger partial charge in [0.15, 0.2) is 10.8 Å². The monoisotopic (exact) mass is 404 g/mol. The second-order valence-electron chi connectivity index (χ2n) is 8.26. The lowest BCUT2D eigenvalue weighted by Crippen LogP contribution is -2.73. The van der Waals surface area contributed by atoms with Gasteiger partial charge in [0, 0.05) is 6.42 Å². The maximum atomic E-state index is 10.3. The lowest BCUT2D eigenvalue weighted by atomic mass is 9.48. The van der Waals surface area contributed by atoms with Gasteiger partial charge in [0.05, 0.1) is 30.7 Å². The van der Waals surface area contributed by atoms with Gasteiger partial charge in [0.2, 0.25) is 11.7 Å². The van der Waals surface area contributed by atoms with E-state index in [1.165, 1.54) is 0 Å². The van der Waals surface area contributed by atoms with Crippen molar-refractivity contribution in [2.24, 2.45) is 16.7 Å². The molecule has 4 fully saturated rings. The second-order valence-corrected chi connectivity index (χ2v) is 8.26. The van der Waals surface area contributed by atoms with Crippen molar-refractivity contribution in [3.63, 3.8) is 0 Å². The van der Waals surface area contributed by atoms with Crippen LogP contribution in [0.15, 0.2) is 24.3 Å². The van der Waals surface area contributed by atoms with Gasteiger partial charge in [-0.1, -0.05) is 31.9 Å². The largest absolute Gasteiger partial charge is 0.494 e. The van der Waals surface area contributed by atoms with Gasteiger partial charge in [-0.3, -0.25) is 5.41 Å². The fourth-order valence-electron chi connectivity index (χ4n) is 5.21. The van der Waals surface area contributed by atoms with Crippen LogP contribution in [0.2, 0.25) is 0 Å². The maximum Gasteiger partial charge on any atom is 0.218 e. The van der Waals surface area contributed by atoms with Gasteiger partial charge in [0.1, 0.15) is 11.9 Å². The summed E-state index contributed by atoms with van der Waals surface area (Å²) in [5.41, 5.74) is -2.91. The minimum Gasteiger partial charge on any atom is -0.494 e. The Bertz CT molecular complexity index is 956. The Balaban J connectivity index is 1.80. The summed E-state index contributed by atoms with van der Waals surface area (Å²) >= 11 is 0.